The van der Waals surface area contributed by atoms with E-state index in [9.17, 15) is 9.59 Å². The maximum atomic E-state index is 13.3. The number of amides is 2. The number of nitrogens with one attached hydrogen (secondary N) is 1. The summed E-state index contributed by atoms with van der Waals surface area (Å²) in [5.41, 5.74) is 8.54. The molecule has 1 aliphatic rings. The van der Waals surface area contributed by atoms with Crippen molar-refractivity contribution in [2.75, 3.05) is 24.6 Å². The average Bonchev–Trinajstić information content (AvgIpc) is 2.79. The van der Waals surface area contributed by atoms with Crippen molar-refractivity contribution in [3.8, 4) is 0 Å². The van der Waals surface area contributed by atoms with Crippen LogP contribution in [0.3, 0.4) is 0 Å². The minimum atomic E-state index is -0.730. The molecule has 0 spiro atoms. The van der Waals surface area contributed by atoms with Crippen molar-refractivity contribution in [1.82, 2.24) is 5.32 Å². The predicted octanol–water partition coefficient (Wildman–Crippen LogP) is 3.99. The molecule has 6 nitrogen and oxygen atoms in total. The van der Waals surface area contributed by atoms with Crippen LogP contribution in [0.1, 0.15) is 50.8 Å². The van der Waals surface area contributed by atoms with Crippen LogP contribution in [0.2, 0.25) is 0 Å². The fourth-order valence-corrected chi connectivity index (χ4v) is 3.53. The van der Waals surface area contributed by atoms with E-state index in [2.05, 4.69) is 17.5 Å². The van der Waals surface area contributed by atoms with E-state index < -0.39 is 11.0 Å². The molecule has 0 aromatic heterocycles. The minimum absolute atomic E-state index is 0.0359. The summed E-state index contributed by atoms with van der Waals surface area (Å²) in [6.45, 7) is 8.81. The highest BCUT2D eigenvalue weighted by Gasteiger charge is 2.31. The van der Waals surface area contributed by atoms with Gasteiger partial charge in [-0.3, -0.25) is 9.59 Å². The Bertz CT molecular complexity index is 1030. The summed E-state index contributed by atoms with van der Waals surface area (Å²) in [5.74, 6) is -0.185. The topological polar surface area (TPSA) is 84.7 Å². The molecule has 2 aromatic carbocycles. The highest BCUT2D eigenvalue weighted by atomic mass is 16.5. The first-order valence-corrected chi connectivity index (χ1v) is 11.4. The molecule has 2 aromatic rings. The van der Waals surface area contributed by atoms with Crippen LogP contribution in [-0.2, 0) is 20.9 Å². The summed E-state index contributed by atoms with van der Waals surface area (Å²) < 4.78 is 5.82. The third-order valence-corrected chi connectivity index (χ3v) is 5.91. The summed E-state index contributed by atoms with van der Waals surface area (Å²) in [5, 5.41) is 2.91. The number of fused-ring (bicyclic) bond motifs is 2. The highest BCUT2D eigenvalue weighted by molar-refractivity contribution is 5.97. The highest BCUT2D eigenvalue weighted by Crippen LogP contribution is 2.29. The Morgan fingerprint density at radius 1 is 1.00 bits per heavy atom. The molecule has 3 rings (SSSR count). The Labute approximate surface area is 196 Å². The van der Waals surface area contributed by atoms with Gasteiger partial charge in [0.2, 0.25) is 11.8 Å². The molecule has 3 N–H and O–H groups in total. The number of hydrogen-bond acceptors (Lipinski definition) is 4. The van der Waals surface area contributed by atoms with Gasteiger partial charge in [-0.1, -0.05) is 54.6 Å². The van der Waals surface area contributed by atoms with Crippen LogP contribution in [-0.4, -0.2) is 37.1 Å². The third-order valence-electron chi connectivity index (χ3n) is 5.91. The quantitative estimate of drug-likeness (QED) is 0.638. The number of nitrogens with two attached hydrogens (primary N) is 1. The van der Waals surface area contributed by atoms with Crippen molar-refractivity contribution in [2.45, 2.75) is 46.3 Å². The van der Waals surface area contributed by atoms with E-state index in [1.165, 1.54) is 0 Å². The first-order chi connectivity index (χ1) is 15.6. The molecular weight excluding hydrogens is 414 g/mol. The first-order valence-electron chi connectivity index (χ1n) is 11.4. The zero-order valence-electron chi connectivity index (χ0n) is 20.1. The third kappa shape index (κ3) is 6.30. The van der Waals surface area contributed by atoms with E-state index >= 15 is 0 Å². The van der Waals surface area contributed by atoms with E-state index in [4.69, 9.17) is 10.5 Å². The molecule has 33 heavy (non-hydrogen) atoms. The number of hydrogen-bond donors (Lipinski definition) is 2. The van der Waals surface area contributed by atoms with Gasteiger partial charge >= 0.3 is 0 Å². The molecule has 6 heteroatoms. The van der Waals surface area contributed by atoms with Crippen LogP contribution in [0.15, 0.2) is 48.5 Å². The number of carbonyl (C=O) groups excluding carboxylic acids is 2. The van der Waals surface area contributed by atoms with Crippen molar-refractivity contribution in [1.29, 1.82) is 0 Å². The Morgan fingerprint density at radius 2 is 1.64 bits per heavy atom. The van der Waals surface area contributed by atoms with Gasteiger partial charge in [0.1, 0.15) is 0 Å². The number of nitrogens with zero attached hydrogens (tertiary/aromatic N) is 1. The average molecular weight is 450 g/mol. The number of anilines is 1. The zero-order chi connectivity index (χ0) is 24.1. The number of benzene rings is 2. The van der Waals surface area contributed by atoms with Crippen LogP contribution < -0.4 is 16.0 Å². The number of carbonyl (C=O) groups is 2. The molecule has 1 aliphatic heterocycles. The lowest BCUT2D eigenvalue weighted by Gasteiger charge is -2.30. The van der Waals surface area contributed by atoms with Crippen LogP contribution in [0, 0.1) is 5.41 Å². The predicted molar refractivity (Wildman–Crippen MR) is 133 cm³/mol. The van der Waals surface area contributed by atoms with Gasteiger partial charge in [-0.05, 0) is 50.5 Å². The van der Waals surface area contributed by atoms with Crippen molar-refractivity contribution in [2.24, 2.45) is 11.1 Å². The van der Waals surface area contributed by atoms with E-state index in [-0.39, 0.29) is 31.4 Å². The molecule has 176 valence electrons. The van der Waals surface area contributed by atoms with E-state index in [1.807, 2.05) is 81.1 Å². The van der Waals surface area contributed by atoms with Crippen LogP contribution >= 0.6 is 0 Å². The van der Waals surface area contributed by atoms with E-state index in [0.29, 0.717) is 13.1 Å². The van der Waals surface area contributed by atoms with Gasteiger partial charge in [0, 0.05) is 19.5 Å². The van der Waals surface area contributed by atoms with Gasteiger partial charge in [-0.25, -0.2) is 0 Å². The van der Waals surface area contributed by atoms with Crippen molar-refractivity contribution < 1.29 is 14.3 Å². The van der Waals surface area contributed by atoms with Gasteiger partial charge in [0.05, 0.1) is 29.9 Å². The van der Waals surface area contributed by atoms with Gasteiger partial charge in [0.25, 0.3) is 0 Å². The van der Waals surface area contributed by atoms with E-state index in [0.717, 1.165) is 22.4 Å². The lowest BCUT2D eigenvalue weighted by molar-refractivity contribution is -0.136. The van der Waals surface area contributed by atoms with Crippen LogP contribution in [0.5, 0.6) is 0 Å². The normalized spacial score (nSPS) is 14.5. The standard InChI is InChI=1S/C27H35N3O3/c1-26(2,19-33-27(3,4)18-28)25(32)29-16-15-24(31)30-17-22-11-6-5-9-20(22)13-14-21-10-7-8-12-23(21)30/h5-14H,15-19,28H2,1-4H3,(H,29,32)/b14-13-. The van der Waals surface area contributed by atoms with E-state index in [1.54, 1.807) is 0 Å². The van der Waals surface area contributed by atoms with Crippen LogP contribution in [0.4, 0.5) is 5.69 Å². The molecule has 1 heterocycles. The maximum Gasteiger partial charge on any atom is 0.229 e. The monoisotopic (exact) mass is 449 g/mol. The summed E-state index contributed by atoms with van der Waals surface area (Å²) in [6.07, 6.45) is 4.34. The van der Waals surface area contributed by atoms with Crippen molar-refractivity contribution in [3.05, 3.63) is 65.2 Å². The molecule has 0 aliphatic carbocycles. The minimum Gasteiger partial charge on any atom is -0.373 e. The molecule has 0 bridgehead atoms. The Kier molecular flexibility index (Phi) is 7.72. The van der Waals surface area contributed by atoms with Gasteiger partial charge in [-0.2, -0.15) is 0 Å². The molecule has 0 fully saturated rings. The Balaban J connectivity index is 1.66. The molecule has 0 radical (unpaired) electrons. The van der Waals surface area contributed by atoms with Crippen molar-refractivity contribution >= 4 is 29.7 Å². The Morgan fingerprint density at radius 3 is 2.36 bits per heavy atom. The van der Waals surface area contributed by atoms with Gasteiger partial charge in [-0.15, -0.1) is 0 Å². The number of para-hydroxylation sites is 1. The smallest absolute Gasteiger partial charge is 0.229 e. The maximum absolute atomic E-state index is 13.3. The summed E-state index contributed by atoms with van der Waals surface area (Å²) >= 11 is 0. The van der Waals surface area contributed by atoms with Gasteiger partial charge in [0.15, 0.2) is 0 Å². The molecule has 0 unspecified atom stereocenters. The number of rotatable bonds is 8. The van der Waals surface area contributed by atoms with Crippen LogP contribution in [0.25, 0.3) is 12.2 Å². The second kappa shape index (κ2) is 10.3. The lowest BCUT2D eigenvalue weighted by Crippen LogP contribution is -2.45. The van der Waals surface area contributed by atoms with Gasteiger partial charge < -0.3 is 20.7 Å². The first kappa shape index (κ1) is 24.7. The fraction of sp³-hybridized carbons (Fsp3) is 0.407. The fourth-order valence-electron chi connectivity index (χ4n) is 3.53. The summed E-state index contributed by atoms with van der Waals surface area (Å²) in [6, 6.07) is 16.0. The van der Waals surface area contributed by atoms with Crippen molar-refractivity contribution in [3.63, 3.8) is 0 Å². The molecule has 0 atom stereocenters. The number of ether oxygens (including phenoxy) is 1. The zero-order valence-corrected chi connectivity index (χ0v) is 20.1. The second-order valence-corrected chi connectivity index (χ2v) is 9.71. The lowest BCUT2D eigenvalue weighted by atomic mass is 9.93. The molecular formula is C27H35N3O3. The second-order valence-electron chi connectivity index (χ2n) is 9.71. The summed E-state index contributed by atoms with van der Waals surface area (Å²) in [7, 11) is 0. The molecule has 0 saturated heterocycles. The SMILES string of the molecule is CC(C)(CN)OCC(C)(C)C(=O)NCCC(=O)N1Cc2ccccc2/C=C\c2ccccc21. The Hall–Kier alpha value is -2.96. The summed E-state index contributed by atoms with van der Waals surface area (Å²) in [4.78, 5) is 27.8. The largest absolute Gasteiger partial charge is 0.373 e. The molecule has 0 saturated carbocycles. The molecule has 2 amide bonds.